The van der Waals surface area contributed by atoms with Crippen LogP contribution in [0.1, 0.15) is 17.5 Å². The van der Waals surface area contributed by atoms with E-state index >= 15 is 0 Å². The molecule has 0 saturated heterocycles. The Labute approximate surface area is 332 Å². The Hall–Kier alpha value is -7.42. The van der Waals surface area contributed by atoms with E-state index in [1.165, 1.54) is 153 Å². The number of hydrogen-bond acceptors (Lipinski definition) is 2. The Morgan fingerprint density at radius 1 is 0.345 bits per heavy atom. The fourth-order valence-electron chi connectivity index (χ4n) is 12.0. The molecule has 15 rings (SSSR count). The number of pyridine rings is 2. The van der Waals surface area contributed by atoms with Crippen LogP contribution in [0, 0.1) is 0 Å². The predicted octanol–water partition coefficient (Wildman–Crippen LogP) is 15.1. The number of allylic oxidation sites excluding steroid dienone is 1. The van der Waals surface area contributed by atoms with Gasteiger partial charge in [0, 0.05) is 24.8 Å². The zero-order valence-corrected chi connectivity index (χ0v) is 31.3. The minimum absolute atomic E-state index is 1.06. The second kappa shape index (κ2) is 10.3. The number of fused-ring (bicyclic) bond motifs is 13. The van der Waals surface area contributed by atoms with Gasteiger partial charge in [0.05, 0.1) is 0 Å². The fraction of sp³-hybridized carbons (Fsp3) is 0.0357. The van der Waals surface area contributed by atoms with Crippen molar-refractivity contribution in [3.63, 3.8) is 0 Å². The summed E-state index contributed by atoms with van der Waals surface area (Å²) in [4.78, 5) is 9.05. The highest BCUT2D eigenvalue weighted by atomic mass is 14.6. The van der Waals surface area contributed by atoms with Gasteiger partial charge in [-0.1, -0.05) is 103 Å². The zero-order chi connectivity index (χ0) is 37.4. The molecule has 0 spiro atoms. The molecule has 0 N–H and O–H groups in total. The molecular weight excluding hydrogens is 701 g/mol. The molecule has 0 saturated carbocycles. The largest absolute Gasteiger partial charge is 0.265 e. The number of hydrogen-bond donors (Lipinski definition) is 0. The number of rotatable bonds is 2. The zero-order valence-electron chi connectivity index (χ0n) is 31.3. The van der Waals surface area contributed by atoms with Crippen molar-refractivity contribution in [1.82, 2.24) is 9.97 Å². The molecule has 0 amide bonds. The van der Waals surface area contributed by atoms with Gasteiger partial charge in [0.15, 0.2) is 0 Å². The average Bonchev–Trinajstić information content (AvgIpc) is 3.92. The minimum Gasteiger partial charge on any atom is -0.265 e. The fourth-order valence-corrected chi connectivity index (χ4v) is 12.0. The first-order valence-corrected chi connectivity index (χ1v) is 20.4. The van der Waals surface area contributed by atoms with Gasteiger partial charge in [-0.2, -0.15) is 0 Å². The molecule has 2 nitrogen and oxygen atoms in total. The second-order valence-corrected chi connectivity index (χ2v) is 16.6. The predicted molar refractivity (Wildman–Crippen MR) is 246 cm³/mol. The van der Waals surface area contributed by atoms with Gasteiger partial charge < -0.3 is 0 Å². The molecule has 0 aliphatic heterocycles. The maximum Gasteiger partial charge on any atom is 0.0273 e. The van der Waals surface area contributed by atoms with Crippen molar-refractivity contribution < 1.29 is 0 Å². The highest BCUT2D eigenvalue weighted by Crippen LogP contribution is 2.57. The Bertz CT molecular complexity index is 3910. The molecule has 0 atom stereocenters. The molecule has 0 radical (unpaired) electrons. The van der Waals surface area contributed by atoms with Crippen molar-refractivity contribution in [3.8, 4) is 44.5 Å². The normalized spacial score (nSPS) is 13.7. The summed E-state index contributed by atoms with van der Waals surface area (Å²) in [6.45, 7) is 0. The van der Waals surface area contributed by atoms with Gasteiger partial charge in [0.1, 0.15) is 0 Å². The Morgan fingerprint density at radius 3 is 1.55 bits per heavy atom. The summed E-state index contributed by atoms with van der Waals surface area (Å²) < 4.78 is 0. The van der Waals surface area contributed by atoms with Gasteiger partial charge >= 0.3 is 0 Å². The van der Waals surface area contributed by atoms with Crippen molar-refractivity contribution >= 4 is 103 Å². The number of aryl methyl sites for hydroxylation is 1. The summed E-state index contributed by atoms with van der Waals surface area (Å²) in [5, 5.41) is 24.1. The standard InChI is InChI=1S/C56H30N2/c1-2-7-32-31(6-1)36-12-14-38-40-16-18-43-53-44(19-17-41(52(40)53)39-15-13-37(32)50(36)51(38)39)56-48(30-22-26-58-27-23-30)54-42-11-5-10-35-33-8-3-4-9-34(33)45(49(35)42)28-46(54)47(55(43)56)29-20-24-57-25-21-29/h1-3,5-8,10-28H,4,9H2. The van der Waals surface area contributed by atoms with Gasteiger partial charge in [-0.25, -0.2) is 0 Å². The number of benzene rings is 9. The van der Waals surface area contributed by atoms with Crippen molar-refractivity contribution in [2.45, 2.75) is 12.8 Å². The van der Waals surface area contributed by atoms with Crippen LogP contribution < -0.4 is 0 Å². The highest BCUT2D eigenvalue weighted by molar-refractivity contribution is 6.48. The Morgan fingerprint density at radius 2 is 0.879 bits per heavy atom. The molecule has 0 fully saturated rings. The van der Waals surface area contributed by atoms with Crippen molar-refractivity contribution in [2.24, 2.45) is 0 Å². The molecule has 2 aromatic heterocycles. The van der Waals surface area contributed by atoms with Crippen molar-refractivity contribution in [1.29, 1.82) is 0 Å². The van der Waals surface area contributed by atoms with E-state index in [0.717, 1.165) is 12.8 Å². The molecule has 2 aliphatic rings. The van der Waals surface area contributed by atoms with Gasteiger partial charge in [0.2, 0.25) is 0 Å². The summed E-state index contributed by atoms with van der Waals surface area (Å²) in [6.07, 6.45) is 14.7. The third kappa shape index (κ3) is 3.37. The summed E-state index contributed by atoms with van der Waals surface area (Å²) in [5.41, 5.74) is 13.2. The lowest BCUT2D eigenvalue weighted by molar-refractivity contribution is 1.00. The molecule has 11 aromatic carbocycles. The number of aromatic nitrogens is 2. The van der Waals surface area contributed by atoms with Crippen LogP contribution in [0.25, 0.3) is 148 Å². The monoisotopic (exact) mass is 730 g/mol. The van der Waals surface area contributed by atoms with Crippen molar-refractivity contribution in [2.75, 3.05) is 0 Å². The van der Waals surface area contributed by atoms with E-state index < -0.39 is 0 Å². The van der Waals surface area contributed by atoms with E-state index in [2.05, 4.69) is 143 Å². The van der Waals surface area contributed by atoms with E-state index in [9.17, 15) is 0 Å². The minimum atomic E-state index is 1.06. The summed E-state index contributed by atoms with van der Waals surface area (Å²) in [7, 11) is 0. The molecule has 0 unspecified atom stereocenters. The maximum atomic E-state index is 4.53. The Kier molecular flexibility index (Phi) is 5.29. The lowest BCUT2D eigenvalue weighted by Crippen LogP contribution is -1.92. The molecule has 2 aliphatic carbocycles. The first kappa shape index (κ1) is 29.8. The van der Waals surface area contributed by atoms with Crippen LogP contribution in [0.2, 0.25) is 0 Å². The lowest BCUT2D eigenvalue weighted by Gasteiger charge is -2.19. The van der Waals surface area contributed by atoms with Crippen LogP contribution in [0.15, 0.2) is 152 Å². The van der Waals surface area contributed by atoms with Crippen LogP contribution in [0.5, 0.6) is 0 Å². The van der Waals surface area contributed by atoms with Crippen LogP contribution in [-0.4, -0.2) is 9.97 Å². The third-order valence-corrected chi connectivity index (χ3v) is 14.1. The summed E-state index contributed by atoms with van der Waals surface area (Å²) in [5.74, 6) is 0. The van der Waals surface area contributed by atoms with Crippen molar-refractivity contribution in [3.05, 3.63) is 163 Å². The van der Waals surface area contributed by atoms with Gasteiger partial charge in [-0.15, -0.1) is 0 Å². The molecule has 2 heteroatoms. The number of nitrogens with zero attached hydrogens (tertiary/aromatic N) is 2. The molecule has 264 valence electrons. The Balaban J connectivity index is 1.21. The second-order valence-electron chi connectivity index (χ2n) is 16.6. The molecule has 13 aromatic rings. The van der Waals surface area contributed by atoms with Gasteiger partial charge in [0.25, 0.3) is 0 Å². The average molecular weight is 731 g/mol. The highest BCUT2D eigenvalue weighted by Gasteiger charge is 2.30. The molecule has 2 heterocycles. The molecule has 58 heavy (non-hydrogen) atoms. The van der Waals surface area contributed by atoms with Crippen LogP contribution in [-0.2, 0) is 6.42 Å². The SMILES string of the molecule is C1=Cc2c(c3cc4c(-c5ccncc5)c5c6ccc7c8ccc9c%10c(ccc(c%11ccc(c5c(-c5ccncc5)c4c4cccc2c34)c6c7%11)c%108)-c2ccccc2-9)CC1. The van der Waals surface area contributed by atoms with Crippen LogP contribution in [0.4, 0.5) is 0 Å². The summed E-state index contributed by atoms with van der Waals surface area (Å²) >= 11 is 0. The van der Waals surface area contributed by atoms with E-state index in [1.807, 2.05) is 24.8 Å². The van der Waals surface area contributed by atoms with Crippen LogP contribution in [0.3, 0.4) is 0 Å². The van der Waals surface area contributed by atoms with E-state index in [4.69, 9.17) is 0 Å². The molecule has 0 bridgehead atoms. The summed E-state index contributed by atoms with van der Waals surface area (Å²) in [6, 6.07) is 46.6. The van der Waals surface area contributed by atoms with E-state index in [-0.39, 0.29) is 0 Å². The first-order chi connectivity index (χ1) is 28.8. The third-order valence-electron chi connectivity index (χ3n) is 14.1. The smallest absolute Gasteiger partial charge is 0.0273 e. The quantitative estimate of drug-likeness (QED) is 0.131. The maximum absolute atomic E-state index is 4.53. The first-order valence-electron chi connectivity index (χ1n) is 20.4. The molecular formula is C56H30N2. The van der Waals surface area contributed by atoms with E-state index in [1.54, 1.807) is 0 Å². The van der Waals surface area contributed by atoms with Gasteiger partial charge in [-0.05, 0) is 196 Å². The van der Waals surface area contributed by atoms with Crippen LogP contribution >= 0.6 is 0 Å². The topological polar surface area (TPSA) is 25.8 Å². The lowest BCUT2D eigenvalue weighted by atomic mass is 9.84. The van der Waals surface area contributed by atoms with Gasteiger partial charge in [-0.3, -0.25) is 9.97 Å². The van der Waals surface area contributed by atoms with E-state index in [0.29, 0.717) is 0 Å².